The number of benzene rings is 4. The number of carboxylic acid groups (broad SMARTS) is 1. The molecule has 0 radical (unpaired) electrons. The van der Waals surface area contributed by atoms with Gasteiger partial charge in [0, 0.05) is 117 Å². The first-order valence-electron chi connectivity index (χ1n) is 22.3. The van der Waals surface area contributed by atoms with Gasteiger partial charge in [-0.2, -0.15) is 35.6 Å². The van der Waals surface area contributed by atoms with Gasteiger partial charge in [-0.1, -0.05) is 41.9 Å². The third-order valence-corrected chi connectivity index (χ3v) is 17.1. The van der Waals surface area contributed by atoms with Crippen molar-refractivity contribution in [3.8, 4) is 22.6 Å². The molecule has 2 N–H and O–H groups in total. The van der Waals surface area contributed by atoms with Crippen molar-refractivity contribution >= 4 is 88.8 Å². The van der Waals surface area contributed by atoms with Crippen LogP contribution in [0.2, 0.25) is 5.02 Å². The molecule has 0 atom stereocenters. The molecule has 8 rings (SSSR count). The van der Waals surface area contributed by atoms with Crippen LogP contribution in [-0.4, -0.2) is 119 Å². The molecule has 4 heterocycles. The van der Waals surface area contributed by atoms with Crippen LogP contribution in [0.5, 0.6) is 11.5 Å². The van der Waals surface area contributed by atoms with Crippen molar-refractivity contribution in [2.75, 3.05) is 58.0 Å². The number of aryl methyl sites for hydroxylation is 4. The fourth-order valence-electron chi connectivity index (χ4n) is 8.84. The Balaban J connectivity index is 1.06. The number of carbonyl (C=O) groups is 1. The molecule has 0 spiro atoms. The minimum atomic E-state index is -3.69. The molecule has 0 bridgehead atoms. The highest BCUT2D eigenvalue weighted by Gasteiger charge is 2.30. The number of nitrogens with zero attached hydrogens (tertiary/aromatic N) is 8. The first-order valence-corrected chi connectivity index (χ1v) is 28.1. The smallest absolute Gasteiger partial charge is 0.352 e. The molecule has 70 heavy (non-hydrogen) atoms. The number of hydrogen-bond acceptors (Lipinski definition) is 13. The zero-order chi connectivity index (χ0) is 50.1. The highest BCUT2D eigenvalue weighted by molar-refractivity contribution is 7.98. The topological polar surface area (TPSA) is 195 Å². The van der Waals surface area contributed by atoms with E-state index in [1.165, 1.54) is 22.7 Å². The van der Waals surface area contributed by atoms with Crippen LogP contribution in [0.25, 0.3) is 32.8 Å². The maximum Gasteiger partial charge on any atom is 0.352 e. The maximum atomic E-state index is 12.9. The van der Waals surface area contributed by atoms with E-state index in [1.807, 2.05) is 67.3 Å². The Morgan fingerprint density at radius 1 is 0.857 bits per heavy atom. The molecule has 17 nitrogen and oxygen atoms in total. The molecule has 0 saturated carbocycles. The average molecular weight is 1050 g/mol. The van der Waals surface area contributed by atoms with Gasteiger partial charge in [0.05, 0.1) is 40.5 Å². The molecule has 0 aliphatic carbocycles. The largest absolute Gasteiger partial charge is 0.507 e. The van der Waals surface area contributed by atoms with Crippen LogP contribution in [0.15, 0.2) is 83.8 Å². The van der Waals surface area contributed by atoms with Crippen molar-refractivity contribution in [3.05, 3.63) is 118 Å². The molecule has 0 unspecified atom stereocenters. The molecule has 0 amide bonds. The van der Waals surface area contributed by atoms with Gasteiger partial charge >= 0.3 is 5.97 Å². The van der Waals surface area contributed by atoms with Gasteiger partial charge in [-0.3, -0.25) is 13.5 Å². The number of anilines is 1. The normalized spacial score (nSPS) is 13.9. The summed E-state index contributed by atoms with van der Waals surface area (Å²) in [5, 5.41) is 33.9. The Morgan fingerprint density at radius 3 is 2.29 bits per heavy atom. The standard InChI is InChI=1S/C48H55ClN8O9S4/c1-52(2)70(63,64)57-21-19-56(20-22-57)33-13-15-35(16-14-33)65-27-42-45(44-40(49)18-17-39-38(12-9-23-66-69(6,61)62)47(48(59)60)53(3)46(39)44)41(51-55(42)5)30-67-28-32-25-34(54(4)50-32)29-68-36-24-31-10-7-8-11-37(31)43(58)26-36/h7-8,10-11,13-18,24-26,58H,9,12,19-23,27-30H2,1-6H3,(H,59,60). The lowest BCUT2D eigenvalue weighted by Gasteiger charge is -2.36. The lowest BCUT2D eigenvalue weighted by atomic mass is 9.98. The van der Waals surface area contributed by atoms with Crippen molar-refractivity contribution in [2.24, 2.45) is 21.1 Å². The van der Waals surface area contributed by atoms with E-state index in [1.54, 1.807) is 58.0 Å². The van der Waals surface area contributed by atoms with E-state index < -0.39 is 26.3 Å². The number of piperazine rings is 1. The fraction of sp³-hybridized carbons (Fsp3) is 0.354. The SMILES string of the molecule is CN(C)S(=O)(=O)N1CCN(c2ccc(OCc3c(-c4c(Cl)ccc5c(CCCOS(C)(=O)=O)c(C(=O)O)n(C)c45)c(CSCc4cc(CSc5cc(O)c6ccccc6c5)n(C)n4)nn3C)cc2)CC1. The lowest BCUT2D eigenvalue weighted by Crippen LogP contribution is -2.51. The highest BCUT2D eigenvalue weighted by Crippen LogP contribution is 2.43. The number of phenols is 1. The summed E-state index contributed by atoms with van der Waals surface area (Å²) < 4.78 is 68.3. The second-order valence-electron chi connectivity index (χ2n) is 17.2. The molecule has 1 aliphatic heterocycles. The first-order chi connectivity index (χ1) is 33.3. The van der Waals surface area contributed by atoms with Crippen LogP contribution in [0.4, 0.5) is 5.69 Å². The van der Waals surface area contributed by atoms with Crippen molar-refractivity contribution in [1.29, 1.82) is 0 Å². The molecular weight excluding hydrogens is 996 g/mol. The summed E-state index contributed by atoms with van der Waals surface area (Å²) in [4.78, 5) is 16.0. The number of aromatic hydroxyl groups is 1. The van der Waals surface area contributed by atoms with Crippen LogP contribution in [-0.2, 0) is 75.9 Å². The molecule has 1 aliphatic rings. The number of carboxylic acids is 1. The van der Waals surface area contributed by atoms with E-state index in [2.05, 4.69) is 17.0 Å². The Hall–Kier alpha value is -5.26. The molecule has 372 valence electrons. The van der Waals surface area contributed by atoms with Crippen molar-refractivity contribution in [3.63, 3.8) is 0 Å². The summed E-state index contributed by atoms with van der Waals surface area (Å²) in [5.74, 6) is 1.35. The Labute approximate surface area is 421 Å². The monoisotopic (exact) mass is 1050 g/mol. The maximum absolute atomic E-state index is 12.9. The summed E-state index contributed by atoms with van der Waals surface area (Å²) in [6.45, 7) is 1.79. The third kappa shape index (κ3) is 11.1. The molecule has 22 heteroatoms. The average Bonchev–Trinajstić information content (AvgIpc) is 3.94. The minimum Gasteiger partial charge on any atom is -0.507 e. The highest BCUT2D eigenvalue weighted by atomic mass is 35.5. The number of ether oxygens (including phenoxy) is 1. The van der Waals surface area contributed by atoms with Crippen LogP contribution in [0.1, 0.15) is 45.2 Å². The van der Waals surface area contributed by atoms with Gasteiger partial charge in [0.2, 0.25) is 0 Å². The van der Waals surface area contributed by atoms with Gasteiger partial charge in [-0.05, 0) is 72.3 Å². The second kappa shape index (κ2) is 21.2. The van der Waals surface area contributed by atoms with E-state index in [0.29, 0.717) is 93.2 Å². The zero-order valence-corrected chi connectivity index (χ0v) is 43.6. The number of thioether (sulfide) groups is 2. The number of phenolic OH excluding ortho intramolecular Hbond substituents is 1. The molecule has 1 saturated heterocycles. The van der Waals surface area contributed by atoms with Crippen LogP contribution >= 0.6 is 35.1 Å². The summed E-state index contributed by atoms with van der Waals surface area (Å²) in [7, 11) is 1.32. The van der Waals surface area contributed by atoms with E-state index in [4.69, 9.17) is 30.7 Å². The summed E-state index contributed by atoms with van der Waals surface area (Å²) in [6.07, 6.45) is 1.47. The third-order valence-electron chi connectivity index (χ3n) is 12.3. The van der Waals surface area contributed by atoms with E-state index in [-0.39, 0.29) is 37.5 Å². The molecule has 4 aromatic carbocycles. The fourth-order valence-corrected chi connectivity index (χ4v) is 12.4. The van der Waals surface area contributed by atoms with Gasteiger partial charge in [-0.25, -0.2) is 4.79 Å². The Kier molecular flexibility index (Phi) is 15.5. The number of aromatic nitrogens is 5. The predicted octanol–water partition coefficient (Wildman–Crippen LogP) is 7.66. The number of rotatable bonds is 20. The summed E-state index contributed by atoms with van der Waals surface area (Å²) in [6, 6.07) is 24.9. The van der Waals surface area contributed by atoms with Crippen molar-refractivity contribution < 1.29 is 40.8 Å². The van der Waals surface area contributed by atoms with Gasteiger partial charge in [-0.15, -0.1) is 23.5 Å². The number of halogens is 1. The molecule has 7 aromatic rings. The van der Waals surface area contributed by atoms with Crippen LogP contribution < -0.4 is 9.64 Å². The molecule has 3 aromatic heterocycles. The van der Waals surface area contributed by atoms with E-state index in [9.17, 15) is 31.8 Å². The first kappa shape index (κ1) is 51.1. The van der Waals surface area contributed by atoms with Gasteiger partial charge in [0.25, 0.3) is 20.3 Å². The van der Waals surface area contributed by atoms with E-state index in [0.717, 1.165) is 39.0 Å². The summed E-state index contributed by atoms with van der Waals surface area (Å²) in [5.41, 5.74) is 6.70. The van der Waals surface area contributed by atoms with Crippen LogP contribution in [0, 0.1) is 0 Å². The summed E-state index contributed by atoms with van der Waals surface area (Å²) >= 11 is 10.4. The van der Waals surface area contributed by atoms with Crippen molar-refractivity contribution in [1.82, 2.24) is 32.7 Å². The predicted molar refractivity (Wildman–Crippen MR) is 277 cm³/mol. The number of fused-ring (bicyclic) bond motifs is 2. The number of aromatic carboxylic acids is 1. The minimum absolute atomic E-state index is 0.0536. The van der Waals surface area contributed by atoms with Gasteiger partial charge < -0.3 is 24.4 Å². The Morgan fingerprint density at radius 2 is 1.59 bits per heavy atom. The van der Waals surface area contributed by atoms with Gasteiger partial charge in [0.1, 0.15) is 23.8 Å². The Bertz CT molecular complexity index is 3290. The van der Waals surface area contributed by atoms with Crippen LogP contribution in [0.3, 0.4) is 0 Å². The number of hydrogen-bond donors (Lipinski definition) is 2. The van der Waals surface area contributed by atoms with E-state index >= 15 is 0 Å². The quantitative estimate of drug-likeness (QED) is 0.0429. The second-order valence-corrected chi connectivity index (χ2v) is 23.4. The molecule has 1 fully saturated rings. The van der Waals surface area contributed by atoms with Crippen molar-refractivity contribution in [2.45, 2.75) is 41.6 Å². The van der Waals surface area contributed by atoms with Gasteiger partial charge in [0.15, 0.2) is 0 Å². The lowest BCUT2D eigenvalue weighted by molar-refractivity contribution is 0.0685. The zero-order valence-electron chi connectivity index (χ0n) is 39.6. The molecular formula is C48H55ClN8O9S4.